The number of carbonyl (C=O) groups excluding carboxylic acids is 1. The summed E-state index contributed by atoms with van der Waals surface area (Å²) >= 11 is 0. The summed E-state index contributed by atoms with van der Waals surface area (Å²) in [7, 11) is 0. The van der Waals surface area contributed by atoms with E-state index >= 15 is 0 Å². The SMILES string of the molecule is CC1[C@@H]2CCC3=CC(=O)[C@@H](C)C[C@@H]3[C@H]2CC[C@]1(C)[C@H](C)O. The fourth-order valence-electron chi connectivity index (χ4n) is 5.45. The van der Waals surface area contributed by atoms with Gasteiger partial charge >= 0.3 is 0 Å². The van der Waals surface area contributed by atoms with Crippen LogP contribution < -0.4 is 0 Å². The monoisotopic (exact) mass is 290 g/mol. The maximum atomic E-state index is 12.0. The third-order valence-electron chi connectivity index (χ3n) is 7.38. The van der Waals surface area contributed by atoms with Crippen LogP contribution in [0.1, 0.15) is 59.8 Å². The smallest absolute Gasteiger partial charge is 0.158 e. The number of rotatable bonds is 1. The second kappa shape index (κ2) is 5.22. The minimum atomic E-state index is -0.225. The van der Waals surface area contributed by atoms with E-state index in [0.29, 0.717) is 17.6 Å². The Balaban J connectivity index is 1.86. The van der Waals surface area contributed by atoms with Gasteiger partial charge in [-0.2, -0.15) is 0 Å². The lowest BCUT2D eigenvalue weighted by molar-refractivity contribution is -0.120. The standard InChI is InChI=1S/C19H30O2/c1-11-9-17-14(10-18(11)21)5-6-15-12(2)19(4,13(3)20)8-7-16(15)17/h10-13,15-17,20H,5-9H2,1-4H3/t11-,12?,13-,15-,16-,17-,19-/m0/s1. The predicted octanol–water partition coefficient (Wildman–Crippen LogP) is 3.98. The summed E-state index contributed by atoms with van der Waals surface area (Å²) in [6.45, 7) is 8.68. The van der Waals surface area contributed by atoms with Gasteiger partial charge in [-0.1, -0.05) is 26.3 Å². The molecule has 0 aromatic rings. The van der Waals surface area contributed by atoms with E-state index in [1.807, 2.05) is 13.0 Å². The first-order chi connectivity index (χ1) is 9.84. The molecule has 1 unspecified atom stereocenters. The Bertz CT molecular complexity index is 464. The highest BCUT2D eigenvalue weighted by Gasteiger charge is 2.51. The van der Waals surface area contributed by atoms with E-state index in [-0.39, 0.29) is 17.4 Å². The lowest BCUT2D eigenvalue weighted by Crippen LogP contribution is -2.50. The number of aliphatic hydroxyl groups is 1. The molecule has 0 aromatic carbocycles. The van der Waals surface area contributed by atoms with Crippen LogP contribution in [0.2, 0.25) is 0 Å². The molecule has 0 spiro atoms. The third-order valence-corrected chi connectivity index (χ3v) is 7.38. The van der Waals surface area contributed by atoms with Crippen molar-refractivity contribution in [3.8, 4) is 0 Å². The van der Waals surface area contributed by atoms with Crippen molar-refractivity contribution >= 4 is 5.78 Å². The first-order valence-electron chi connectivity index (χ1n) is 8.77. The molecule has 0 bridgehead atoms. The molecule has 0 amide bonds. The topological polar surface area (TPSA) is 37.3 Å². The van der Waals surface area contributed by atoms with Crippen LogP contribution in [0.3, 0.4) is 0 Å². The van der Waals surface area contributed by atoms with Crippen LogP contribution >= 0.6 is 0 Å². The summed E-state index contributed by atoms with van der Waals surface area (Å²) in [5.41, 5.74) is 1.51. The molecule has 3 rings (SSSR count). The van der Waals surface area contributed by atoms with Gasteiger partial charge in [0.1, 0.15) is 0 Å². The molecule has 118 valence electrons. The van der Waals surface area contributed by atoms with Crippen molar-refractivity contribution in [1.29, 1.82) is 0 Å². The highest BCUT2D eigenvalue weighted by Crippen LogP contribution is 2.57. The van der Waals surface area contributed by atoms with Crippen LogP contribution in [0.5, 0.6) is 0 Å². The Morgan fingerprint density at radius 1 is 1.29 bits per heavy atom. The Kier molecular flexibility index (Phi) is 3.80. The van der Waals surface area contributed by atoms with Gasteiger partial charge < -0.3 is 5.11 Å². The largest absolute Gasteiger partial charge is 0.393 e. The van der Waals surface area contributed by atoms with Crippen LogP contribution in [0.15, 0.2) is 11.6 Å². The van der Waals surface area contributed by atoms with Gasteiger partial charge in [-0.05, 0) is 74.2 Å². The number of ketones is 1. The minimum absolute atomic E-state index is 0.0679. The normalized spacial score (nSPS) is 48.1. The maximum Gasteiger partial charge on any atom is 0.158 e. The Labute approximate surface area is 129 Å². The second-order valence-corrected chi connectivity index (χ2v) is 8.24. The summed E-state index contributed by atoms with van der Waals surface area (Å²) in [6.07, 6.45) is 7.46. The van der Waals surface area contributed by atoms with Crippen LogP contribution in [-0.2, 0) is 4.79 Å². The van der Waals surface area contributed by atoms with Gasteiger partial charge in [-0.15, -0.1) is 0 Å². The maximum absolute atomic E-state index is 12.0. The summed E-state index contributed by atoms with van der Waals surface area (Å²) < 4.78 is 0. The van der Waals surface area contributed by atoms with E-state index in [9.17, 15) is 9.90 Å². The molecule has 2 heteroatoms. The minimum Gasteiger partial charge on any atom is -0.393 e. The summed E-state index contributed by atoms with van der Waals surface area (Å²) in [5, 5.41) is 10.3. The molecule has 0 saturated heterocycles. The Hall–Kier alpha value is -0.630. The van der Waals surface area contributed by atoms with Gasteiger partial charge in [0.25, 0.3) is 0 Å². The first kappa shape index (κ1) is 15.3. The molecular weight excluding hydrogens is 260 g/mol. The molecule has 3 aliphatic rings. The highest BCUT2D eigenvalue weighted by atomic mass is 16.3. The molecule has 1 N–H and O–H groups in total. The van der Waals surface area contributed by atoms with Crippen molar-refractivity contribution < 1.29 is 9.90 Å². The van der Waals surface area contributed by atoms with E-state index in [1.54, 1.807) is 0 Å². The zero-order valence-corrected chi connectivity index (χ0v) is 13.9. The number of allylic oxidation sites excluding steroid dienone is 2. The number of hydrogen-bond donors (Lipinski definition) is 1. The fraction of sp³-hybridized carbons (Fsp3) is 0.842. The summed E-state index contributed by atoms with van der Waals surface area (Å²) in [4.78, 5) is 12.0. The molecule has 21 heavy (non-hydrogen) atoms. The number of carbonyl (C=O) groups is 1. The van der Waals surface area contributed by atoms with Crippen molar-refractivity contribution in [3.05, 3.63) is 11.6 Å². The average molecular weight is 290 g/mol. The molecule has 3 aliphatic carbocycles. The molecule has 7 atom stereocenters. The van der Waals surface area contributed by atoms with Gasteiger partial charge in [-0.25, -0.2) is 0 Å². The molecule has 0 aliphatic heterocycles. The van der Waals surface area contributed by atoms with Gasteiger partial charge in [0.15, 0.2) is 5.78 Å². The van der Waals surface area contributed by atoms with Crippen LogP contribution in [0, 0.1) is 35.0 Å². The van der Waals surface area contributed by atoms with E-state index in [2.05, 4.69) is 20.8 Å². The molecule has 0 aromatic heterocycles. The molecule has 2 fully saturated rings. The van der Waals surface area contributed by atoms with Gasteiger partial charge in [0, 0.05) is 5.92 Å². The molecule has 0 heterocycles. The molecule has 2 saturated carbocycles. The zero-order chi connectivity index (χ0) is 15.4. The molecule has 2 nitrogen and oxygen atoms in total. The third kappa shape index (κ3) is 2.30. The van der Waals surface area contributed by atoms with Gasteiger partial charge in [0.2, 0.25) is 0 Å². The van der Waals surface area contributed by atoms with Crippen LogP contribution in [-0.4, -0.2) is 17.0 Å². The lowest BCUT2D eigenvalue weighted by atomic mass is 9.50. The van der Waals surface area contributed by atoms with Crippen LogP contribution in [0.25, 0.3) is 0 Å². The van der Waals surface area contributed by atoms with Crippen LogP contribution in [0.4, 0.5) is 0 Å². The van der Waals surface area contributed by atoms with Crippen molar-refractivity contribution in [2.45, 2.75) is 65.9 Å². The van der Waals surface area contributed by atoms with Gasteiger partial charge in [-0.3, -0.25) is 4.79 Å². The van der Waals surface area contributed by atoms with Crippen molar-refractivity contribution in [2.24, 2.45) is 35.0 Å². The first-order valence-corrected chi connectivity index (χ1v) is 8.77. The number of hydrogen-bond acceptors (Lipinski definition) is 2. The van der Waals surface area contributed by atoms with E-state index < -0.39 is 0 Å². The molecular formula is C19H30O2. The highest BCUT2D eigenvalue weighted by molar-refractivity contribution is 5.93. The zero-order valence-electron chi connectivity index (χ0n) is 13.9. The van der Waals surface area contributed by atoms with Crippen molar-refractivity contribution in [2.75, 3.05) is 0 Å². The van der Waals surface area contributed by atoms with Crippen molar-refractivity contribution in [3.63, 3.8) is 0 Å². The Morgan fingerprint density at radius 3 is 2.67 bits per heavy atom. The summed E-state index contributed by atoms with van der Waals surface area (Å²) in [6, 6.07) is 0. The quantitative estimate of drug-likeness (QED) is 0.793. The van der Waals surface area contributed by atoms with Gasteiger partial charge in [0.05, 0.1) is 6.10 Å². The predicted molar refractivity (Wildman–Crippen MR) is 84.8 cm³/mol. The lowest BCUT2D eigenvalue weighted by Gasteiger charge is -2.55. The van der Waals surface area contributed by atoms with E-state index in [4.69, 9.17) is 0 Å². The number of aliphatic hydroxyl groups excluding tert-OH is 1. The van der Waals surface area contributed by atoms with E-state index in [1.165, 1.54) is 18.4 Å². The Morgan fingerprint density at radius 2 is 2.00 bits per heavy atom. The second-order valence-electron chi connectivity index (χ2n) is 8.24. The number of fused-ring (bicyclic) bond motifs is 3. The summed E-state index contributed by atoms with van der Waals surface area (Å²) in [5.74, 6) is 3.22. The van der Waals surface area contributed by atoms with Crippen molar-refractivity contribution in [1.82, 2.24) is 0 Å². The van der Waals surface area contributed by atoms with E-state index in [0.717, 1.165) is 31.1 Å². The fourth-order valence-corrected chi connectivity index (χ4v) is 5.45. The molecule has 0 radical (unpaired) electrons. The average Bonchev–Trinajstić information content (AvgIpc) is 2.44.